The molecule has 3 aromatic rings. The normalized spacial score (nSPS) is 19.0. The maximum absolute atomic E-state index is 6.68. The largest absolute Gasteiger partial charge is 0.497 e. The molecule has 1 aliphatic heterocycles. The van der Waals surface area contributed by atoms with Gasteiger partial charge in [-0.25, -0.2) is 15.0 Å². The Morgan fingerprint density at radius 3 is 2.67 bits per heavy atom. The molecule has 8 nitrogen and oxygen atoms in total. The fourth-order valence-corrected chi connectivity index (χ4v) is 5.98. The van der Waals surface area contributed by atoms with E-state index in [1.54, 1.807) is 25.6 Å². The second-order valence-corrected chi connectivity index (χ2v) is 9.91. The van der Waals surface area contributed by atoms with Crippen LogP contribution in [0.5, 0.6) is 5.75 Å². The van der Waals surface area contributed by atoms with E-state index >= 15 is 0 Å². The van der Waals surface area contributed by atoms with Crippen molar-refractivity contribution < 1.29 is 4.74 Å². The summed E-state index contributed by atoms with van der Waals surface area (Å²) in [6, 6.07) is 8.22. The molecule has 3 heterocycles. The number of nitrogen functional groups attached to an aromatic ring is 2. The molecule has 2 aliphatic rings. The molecular weight excluding hydrogens is 458 g/mol. The number of anilines is 3. The van der Waals surface area contributed by atoms with E-state index in [9.17, 15) is 0 Å². The van der Waals surface area contributed by atoms with Crippen LogP contribution >= 0.6 is 23.4 Å². The summed E-state index contributed by atoms with van der Waals surface area (Å²) >= 11 is 7.58. The lowest BCUT2D eigenvalue weighted by Gasteiger charge is -2.43. The second kappa shape index (κ2) is 8.55. The molecule has 10 heteroatoms. The number of methoxy groups -OCH3 is 1. The minimum atomic E-state index is -0.0346. The molecule has 1 aliphatic carbocycles. The van der Waals surface area contributed by atoms with E-state index in [0.29, 0.717) is 15.9 Å². The molecule has 0 unspecified atom stereocenters. The van der Waals surface area contributed by atoms with Gasteiger partial charge in [-0.05, 0) is 48.6 Å². The summed E-state index contributed by atoms with van der Waals surface area (Å²) in [5.41, 5.74) is 21.4. The van der Waals surface area contributed by atoms with Crippen molar-refractivity contribution in [3.63, 3.8) is 0 Å². The predicted molar refractivity (Wildman–Crippen MR) is 132 cm³/mol. The van der Waals surface area contributed by atoms with Crippen LogP contribution < -0.4 is 26.8 Å². The highest BCUT2D eigenvalue weighted by Crippen LogP contribution is 2.47. The number of nitrogens with two attached hydrogens (primary N) is 3. The molecule has 6 N–H and O–H groups in total. The highest BCUT2D eigenvalue weighted by atomic mass is 35.5. The number of aromatic nitrogens is 3. The smallest absolute Gasteiger partial charge is 0.158 e. The zero-order chi connectivity index (χ0) is 23.2. The average Bonchev–Trinajstić information content (AvgIpc) is 3.09. The van der Waals surface area contributed by atoms with Gasteiger partial charge in [0.2, 0.25) is 0 Å². The van der Waals surface area contributed by atoms with E-state index in [1.807, 2.05) is 6.07 Å². The van der Waals surface area contributed by atoms with Gasteiger partial charge in [0.15, 0.2) is 5.82 Å². The quantitative estimate of drug-likeness (QED) is 0.511. The number of hydrogen-bond acceptors (Lipinski definition) is 9. The van der Waals surface area contributed by atoms with Crippen LogP contribution in [0.4, 0.5) is 17.5 Å². The van der Waals surface area contributed by atoms with Crippen molar-refractivity contribution >= 4 is 40.8 Å². The summed E-state index contributed by atoms with van der Waals surface area (Å²) in [5, 5.41) is 0.970. The van der Waals surface area contributed by atoms with Gasteiger partial charge >= 0.3 is 0 Å². The van der Waals surface area contributed by atoms with Crippen molar-refractivity contribution in [1.82, 2.24) is 15.0 Å². The molecule has 1 atom stereocenters. The van der Waals surface area contributed by atoms with E-state index in [-0.39, 0.29) is 17.3 Å². The van der Waals surface area contributed by atoms with E-state index in [0.717, 1.165) is 48.8 Å². The Labute approximate surface area is 201 Å². The lowest BCUT2D eigenvalue weighted by Crippen LogP contribution is -2.50. The van der Waals surface area contributed by atoms with E-state index in [1.165, 1.54) is 22.9 Å². The number of rotatable bonds is 4. The maximum atomic E-state index is 6.68. The van der Waals surface area contributed by atoms with Crippen molar-refractivity contribution in [3.8, 4) is 5.75 Å². The molecule has 1 saturated heterocycles. The van der Waals surface area contributed by atoms with Gasteiger partial charge in [0.05, 0.1) is 18.3 Å². The van der Waals surface area contributed by atoms with E-state index < -0.39 is 0 Å². The first-order valence-corrected chi connectivity index (χ1v) is 12.0. The molecule has 33 heavy (non-hydrogen) atoms. The number of nitrogens with zero attached hydrogens (tertiary/aromatic N) is 4. The third-order valence-corrected chi connectivity index (χ3v) is 8.40. The lowest BCUT2D eigenvalue weighted by atomic mass is 9.71. The van der Waals surface area contributed by atoms with E-state index in [4.69, 9.17) is 33.5 Å². The van der Waals surface area contributed by atoms with Crippen LogP contribution in [0.15, 0.2) is 46.6 Å². The highest BCUT2D eigenvalue weighted by Gasteiger charge is 2.47. The van der Waals surface area contributed by atoms with Gasteiger partial charge in [-0.1, -0.05) is 29.4 Å². The number of benzene rings is 1. The fourth-order valence-electron chi connectivity index (χ4n) is 4.97. The van der Waals surface area contributed by atoms with Gasteiger partial charge in [-0.3, -0.25) is 0 Å². The molecule has 0 saturated carbocycles. The number of fused-ring (bicyclic) bond motifs is 2. The Morgan fingerprint density at radius 2 is 1.94 bits per heavy atom. The Kier molecular flexibility index (Phi) is 5.72. The second-order valence-electron chi connectivity index (χ2n) is 8.51. The Bertz CT molecular complexity index is 1200. The summed E-state index contributed by atoms with van der Waals surface area (Å²) in [7, 11) is 1.70. The fraction of sp³-hybridized carbons (Fsp3) is 0.348. The van der Waals surface area contributed by atoms with Crippen LogP contribution in [-0.4, -0.2) is 41.2 Å². The molecule has 1 spiro atoms. The predicted octanol–water partition coefficient (Wildman–Crippen LogP) is 3.27. The minimum absolute atomic E-state index is 0.0346. The topological polar surface area (TPSA) is 129 Å². The molecule has 0 amide bonds. The zero-order valence-electron chi connectivity index (χ0n) is 18.3. The molecule has 172 valence electrons. The first kappa shape index (κ1) is 22.1. The van der Waals surface area contributed by atoms with Gasteiger partial charge in [0.1, 0.15) is 22.4 Å². The Morgan fingerprint density at radius 1 is 1.15 bits per heavy atom. The first-order chi connectivity index (χ1) is 15.9. The number of ether oxygens (including phenoxy) is 1. The Balaban J connectivity index is 1.33. The van der Waals surface area contributed by atoms with Crippen molar-refractivity contribution in [2.45, 2.75) is 40.6 Å². The monoisotopic (exact) mass is 483 g/mol. The van der Waals surface area contributed by atoms with Gasteiger partial charge in [-0.2, -0.15) is 0 Å². The molecule has 0 radical (unpaired) electrons. The van der Waals surface area contributed by atoms with Crippen LogP contribution in [-0.2, 0) is 11.8 Å². The lowest BCUT2D eigenvalue weighted by molar-refractivity contribution is 0.291. The summed E-state index contributed by atoms with van der Waals surface area (Å²) in [6.07, 6.45) is 6.16. The highest BCUT2D eigenvalue weighted by molar-refractivity contribution is 7.99. The first-order valence-electron chi connectivity index (χ1n) is 10.8. The zero-order valence-corrected chi connectivity index (χ0v) is 19.9. The summed E-state index contributed by atoms with van der Waals surface area (Å²) in [4.78, 5) is 16.1. The summed E-state index contributed by atoms with van der Waals surface area (Å²) < 4.78 is 5.48. The van der Waals surface area contributed by atoms with Crippen molar-refractivity contribution in [1.29, 1.82) is 0 Å². The summed E-state index contributed by atoms with van der Waals surface area (Å²) in [6.45, 7) is 1.66. The van der Waals surface area contributed by atoms with E-state index in [2.05, 4.69) is 32.0 Å². The SMILES string of the molecule is COc1ccc2c(c1)C1(CCN(c3cnc(Sc4ccnc(N)c4Cl)c(N)n3)CC1)[C@H](N)C2. The van der Waals surface area contributed by atoms with Crippen LogP contribution in [0.1, 0.15) is 24.0 Å². The minimum Gasteiger partial charge on any atom is -0.497 e. The van der Waals surface area contributed by atoms with Crippen LogP contribution in [0.3, 0.4) is 0 Å². The third-order valence-electron chi connectivity index (χ3n) is 6.82. The van der Waals surface area contributed by atoms with Crippen molar-refractivity contribution in [2.75, 3.05) is 36.6 Å². The summed E-state index contributed by atoms with van der Waals surface area (Å²) in [5.74, 6) is 2.28. The number of halogens is 1. The van der Waals surface area contributed by atoms with Crippen LogP contribution in [0, 0.1) is 0 Å². The molecule has 1 fully saturated rings. The Hall–Kier alpha value is -2.75. The maximum Gasteiger partial charge on any atom is 0.158 e. The van der Waals surface area contributed by atoms with Gasteiger partial charge in [-0.15, -0.1) is 0 Å². The van der Waals surface area contributed by atoms with Crippen molar-refractivity contribution in [2.24, 2.45) is 5.73 Å². The van der Waals surface area contributed by atoms with Gasteiger partial charge in [0, 0.05) is 35.6 Å². The van der Waals surface area contributed by atoms with Gasteiger partial charge < -0.3 is 26.8 Å². The molecular formula is C23H26ClN7OS. The standard InChI is InChI=1S/C23H26ClN7OS/c1-32-14-3-2-13-10-17(25)23(15(13)11-14)5-8-31(9-6-23)18-12-29-22(21(27)30-18)33-16-4-7-28-20(26)19(16)24/h2-4,7,11-12,17H,5-6,8-10,25H2,1H3,(H2,26,28)(H2,27,30)/t17-/m1/s1. The molecule has 5 rings (SSSR count). The van der Waals surface area contributed by atoms with Gasteiger partial charge in [0.25, 0.3) is 0 Å². The number of pyridine rings is 1. The molecule has 0 bridgehead atoms. The number of piperidine rings is 1. The van der Waals surface area contributed by atoms with Crippen molar-refractivity contribution in [3.05, 3.63) is 52.8 Å². The molecule has 1 aromatic carbocycles. The van der Waals surface area contributed by atoms with Crippen LogP contribution in [0.25, 0.3) is 0 Å². The molecule has 2 aromatic heterocycles. The third kappa shape index (κ3) is 3.84. The van der Waals surface area contributed by atoms with Crippen LogP contribution in [0.2, 0.25) is 5.02 Å². The number of hydrogen-bond donors (Lipinski definition) is 3. The average molecular weight is 484 g/mol.